The fourth-order valence-corrected chi connectivity index (χ4v) is 2.32. The first-order chi connectivity index (χ1) is 11.9. The molecule has 0 unspecified atom stereocenters. The zero-order chi connectivity index (χ0) is 17.9. The van der Waals surface area contributed by atoms with E-state index in [0.717, 1.165) is 12.1 Å². The molecule has 3 rings (SSSR count). The second kappa shape index (κ2) is 6.92. The van der Waals surface area contributed by atoms with Crippen molar-refractivity contribution in [2.75, 3.05) is 19.9 Å². The van der Waals surface area contributed by atoms with Crippen molar-refractivity contribution in [1.82, 2.24) is 5.32 Å². The number of hydrogen-bond acceptors (Lipinski definition) is 4. The van der Waals surface area contributed by atoms with Crippen molar-refractivity contribution in [3.63, 3.8) is 0 Å². The number of rotatable bonds is 5. The predicted octanol–water partition coefficient (Wildman–Crippen LogP) is 3.24. The molecule has 0 saturated heterocycles. The molecule has 0 aliphatic carbocycles. The Morgan fingerprint density at radius 3 is 2.68 bits per heavy atom. The molecule has 25 heavy (non-hydrogen) atoms. The summed E-state index contributed by atoms with van der Waals surface area (Å²) in [5.41, 5.74) is -1.39. The number of hydrogen-bond donors (Lipinski definition) is 1. The molecule has 1 aliphatic heterocycles. The van der Waals surface area contributed by atoms with Crippen molar-refractivity contribution in [2.45, 2.75) is 6.18 Å². The van der Waals surface area contributed by atoms with Crippen LogP contribution in [0, 0.1) is 0 Å². The van der Waals surface area contributed by atoms with Gasteiger partial charge in [0.15, 0.2) is 11.5 Å². The molecule has 0 aromatic heterocycles. The van der Waals surface area contributed by atoms with Gasteiger partial charge in [-0.05, 0) is 24.3 Å². The number of fused-ring (bicyclic) bond motifs is 1. The summed E-state index contributed by atoms with van der Waals surface area (Å²) < 4.78 is 54.5. The first-order valence-electron chi connectivity index (χ1n) is 7.42. The second-order valence-corrected chi connectivity index (χ2v) is 5.16. The van der Waals surface area contributed by atoms with Crippen molar-refractivity contribution in [3.05, 3.63) is 53.6 Å². The molecule has 1 amide bonds. The summed E-state index contributed by atoms with van der Waals surface area (Å²) >= 11 is 0. The van der Waals surface area contributed by atoms with Gasteiger partial charge >= 0.3 is 6.18 Å². The minimum atomic E-state index is -4.59. The minimum Gasteiger partial charge on any atom is -0.492 e. The molecule has 0 atom stereocenters. The molecular formula is C17H14F3NO4. The maximum atomic E-state index is 12.9. The van der Waals surface area contributed by atoms with Crippen LogP contribution in [0.3, 0.4) is 0 Å². The molecule has 2 aromatic rings. The topological polar surface area (TPSA) is 56.8 Å². The highest BCUT2D eigenvalue weighted by Crippen LogP contribution is 2.35. The molecule has 0 fully saturated rings. The molecule has 0 radical (unpaired) electrons. The van der Waals surface area contributed by atoms with Gasteiger partial charge in [0, 0.05) is 6.07 Å². The van der Waals surface area contributed by atoms with E-state index in [-0.39, 0.29) is 19.9 Å². The second-order valence-electron chi connectivity index (χ2n) is 5.16. The van der Waals surface area contributed by atoms with E-state index in [1.807, 2.05) is 0 Å². The molecule has 8 heteroatoms. The number of carbonyl (C=O) groups excluding carboxylic acids is 1. The van der Waals surface area contributed by atoms with Crippen LogP contribution in [0.4, 0.5) is 13.2 Å². The summed E-state index contributed by atoms with van der Waals surface area (Å²) in [5, 5.41) is 2.41. The van der Waals surface area contributed by atoms with Crippen LogP contribution in [0.15, 0.2) is 42.5 Å². The smallest absolute Gasteiger partial charge is 0.417 e. The molecule has 1 heterocycles. The van der Waals surface area contributed by atoms with Gasteiger partial charge in [-0.2, -0.15) is 13.2 Å². The van der Waals surface area contributed by atoms with Crippen LogP contribution < -0.4 is 19.5 Å². The van der Waals surface area contributed by atoms with E-state index >= 15 is 0 Å². The van der Waals surface area contributed by atoms with Gasteiger partial charge in [-0.1, -0.05) is 12.1 Å². The minimum absolute atomic E-state index is 0.0550. The third kappa shape index (κ3) is 3.96. The molecule has 1 aliphatic rings. The molecule has 0 bridgehead atoms. The normalized spacial score (nSPS) is 12.8. The van der Waals surface area contributed by atoms with Gasteiger partial charge in [-0.15, -0.1) is 0 Å². The first-order valence-corrected chi connectivity index (χ1v) is 7.42. The summed E-state index contributed by atoms with van der Waals surface area (Å²) in [6, 6.07) is 9.64. The molecular weight excluding hydrogens is 339 g/mol. The monoisotopic (exact) mass is 353 g/mol. The SMILES string of the molecule is O=C(NCCOc1ccc2c(c1)OCO2)c1ccccc1C(F)(F)F. The highest BCUT2D eigenvalue weighted by Gasteiger charge is 2.34. The van der Waals surface area contributed by atoms with Crippen molar-refractivity contribution in [2.24, 2.45) is 0 Å². The Hall–Kier alpha value is -2.90. The summed E-state index contributed by atoms with van der Waals surface area (Å²) in [6.45, 7) is 0.298. The van der Waals surface area contributed by atoms with Gasteiger partial charge in [0.1, 0.15) is 12.4 Å². The van der Waals surface area contributed by atoms with E-state index in [9.17, 15) is 18.0 Å². The van der Waals surface area contributed by atoms with Crippen molar-refractivity contribution in [1.29, 1.82) is 0 Å². The molecule has 0 spiro atoms. The summed E-state index contributed by atoms with van der Waals surface area (Å²) in [5.74, 6) is 0.876. The third-order valence-electron chi connectivity index (χ3n) is 3.48. The Kier molecular flexibility index (Phi) is 4.69. The van der Waals surface area contributed by atoms with Gasteiger partial charge in [0.2, 0.25) is 6.79 Å². The van der Waals surface area contributed by atoms with E-state index in [1.54, 1.807) is 18.2 Å². The number of alkyl halides is 3. The maximum absolute atomic E-state index is 12.9. The maximum Gasteiger partial charge on any atom is 0.417 e. The average molecular weight is 353 g/mol. The van der Waals surface area contributed by atoms with Crippen LogP contribution in [-0.2, 0) is 6.18 Å². The number of amides is 1. The number of nitrogens with one attached hydrogen (secondary N) is 1. The molecule has 2 aromatic carbocycles. The Bertz CT molecular complexity index is 777. The van der Waals surface area contributed by atoms with Crippen molar-refractivity contribution in [3.8, 4) is 17.2 Å². The summed E-state index contributed by atoms with van der Waals surface area (Å²) in [6.07, 6.45) is -4.59. The van der Waals surface area contributed by atoms with Crippen LogP contribution in [-0.4, -0.2) is 25.9 Å². The Morgan fingerprint density at radius 1 is 1.12 bits per heavy atom. The Balaban J connectivity index is 1.54. The highest BCUT2D eigenvalue weighted by molar-refractivity contribution is 5.95. The van der Waals surface area contributed by atoms with Crippen molar-refractivity contribution >= 4 is 5.91 Å². The van der Waals surface area contributed by atoms with E-state index < -0.39 is 23.2 Å². The van der Waals surface area contributed by atoms with Gasteiger partial charge in [-0.3, -0.25) is 4.79 Å². The molecule has 0 saturated carbocycles. The van der Waals surface area contributed by atoms with E-state index in [1.165, 1.54) is 12.1 Å². The van der Waals surface area contributed by atoms with Gasteiger partial charge in [-0.25, -0.2) is 0 Å². The quantitative estimate of drug-likeness (QED) is 0.839. The fourth-order valence-electron chi connectivity index (χ4n) is 2.32. The first kappa shape index (κ1) is 16.9. The summed E-state index contributed by atoms with van der Waals surface area (Å²) in [7, 11) is 0. The van der Waals surface area contributed by atoms with Crippen LogP contribution in [0.25, 0.3) is 0 Å². The van der Waals surface area contributed by atoms with Crippen LogP contribution in [0.2, 0.25) is 0 Å². The molecule has 5 nitrogen and oxygen atoms in total. The zero-order valence-electron chi connectivity index (χ0n) is 12.9. The van der Waals surface area contributed by atoms with Crippen LogP contribution >= 0.6 is 0 Å². The van der Waals surface area contributed by atoms with Crippen LogP contribution in [0.1, 0.15) is 15.9 Å². The zero-order valence-corrected chi connectivity index (χ0v) is 12.9. The fraction of sp³-hybridized carbons (Fsp3) is 0.235. The summed E-state index contributed by atoms with van der Waals surface area (Å²) in [4.78, 5) is 12.0. The lowest BCUT2D eigenvalue weighted by Crippen LogP contribution is -2.30. The Morgan fingerprint density at radius 2 is 1.88 bits per heavy atom. The number of carbonyl (C=O) groups is 1. The molecule has 1 N–H and O–H groups in total. The van der Waals surface area contributed by atoms with E-state index in [4.69, 9.17) is 14.2 Å². The lowest BCUT2D eigenvalue weighted by Gasteiger charge is -2.13. The van der Waals surface area contributed by atoms with E-state index in [0.29, 0.717) is 17.2 Å². The average Bonchev–Trinajstić information content (AvgIpc) is 3.05. The number of benzene rings is 2. The largest absolute Gasteiger partial charge is 0.492 e. The molecule has 132 valence electrons. The standard InChI is InChI=1S/C17H14F3NO4/c18-17(19,20)13-4-2-1-3-12(13)16(22)21-7-8-23-11-5-6-14-15(9-11)25-10-24-14/h1-6,9H,7-8,10H2,(H,21,22). The lowest BCUT2D eigenvalue weighted by atomic mass is 10.1. The third-order valence-corrected chi connectivity index (χ3v) is 3.48. The highest BCUT2D eigenvalue weighted by atomic mass is 19.4. The van der Waals surface area contributed by atoms with E-state index in [2.05, 4.69) is 5.32 Å². The lowest BCUT2D eigenvalue weighted by molar-refractivity contribution is -0.137. The Labute approximate surface area is 141 Å². The van der Waals surface area contributed by atoms with Gasteiger partial charge in [0.05, 0.1) is 17.7 Å². The number of halogens is 3. The van der Waals surface area contributed by atoms with Gasteiger partial charge < -0.3 is 19.5 Å². The van der Waals surface area contributed by atoms with Gasteiger partial charge in [0.25, 0.3) is 5.91 Å². The van der Waals surface area contributed by atoms with Crippen LogP contribution in [0.5, 0.6) is 17.2 Å². The number of ether oxygens (including phenoxy) is 3. The van der Waals surface area contributed by atoms with Crippen molar-refractivity contribution < 1.29 is 32.2 Å². The predicted molar refractivity (Wildman–Crippen MR) is 81.8 cm³/mol.